The molecule has 0 saturated heterocycles. The van der Waals surface area contributed by atoms with Crippen molar-refractivity contribution in [2.45, 2.75) is 45.3 Å². The third-order valence-electron chi connectivity index (χ3n) is 5.02. The maximum atomic E-state index is 12.5. The summed E-state index contributed by atoms with van der Waals surface area (Å²) in [4.78, 5) is 35.7. The first-order chi connectivity index (χ1) is 15.7. The fourth-order valence-electron chi connectivity index (χ4n) is 3.37. The van der Waals surface area contributed by atoms with E-state index in [0.29, 0.717) is 27.3 Å². The summed E-state index contributed by atoms with van der Waals surface area (Å²) in [6, 6.07) is 5.99. The van der Waals surface area contributed by atoms with Gasteiger partial charge in [-0.2, -0.15) is 9.61 Å². The van der Waals surface area contributed by atoms with Crippen LogP contribution in [0, 0.1) is 0 Å². The first-order valence-corrected chi connectivity index (χ1v) is 11.5. The number of hydrogen-bond acceptors (Lipinski definition) is 7. The number of thiophene rings is 1. The Hall–Kier alpha value is -3.66. The Morgan fingerprint density at radius 1 is 1.33 bits per heavy atom. The first-order valence-electron chi connectivity index (χ1n) is 10.6. The molecule has 0 radical (unpaired) electrons. The molecule has 33 heavy (non-hydrogen) atoms. The molecule has 170 valence electrons. The van der Waals surface area contributed by atoms with Crippen LogP contribution in [-0.2, 0) is 4.74 Å². The van der Waals surface area contributed by atoms with E-state index in [4.69, 9.17) is 9.72 Å². The molecule has 1 saturated carbocycles. The van der Waals surface area contributed by atoms with E-state index in [2.05, 4.69) is 27.0 Å². The zero-order valence-corrected chi connectivity index (χ0v) is 19.4. The highest BCUT2D eigenvalue weighted by Gasteiger charge is 2.24. The smallest absolute Gasteiger partial charge is 0.348 e. The van der Waals surface area contributed by atoms with Crippen molar-refractivity contribution in [2.75, 3.05) is 5.32 Å². The van der Waals surface area contributed by atoms with Gasteiger partial charge in [-0.15, -0.1) is 11.3 Å². The van der Waals surface area contributed by atoms with E-state index in [9.17, 15) is 9.59 Å². The van der Waals surface area contributed by atoms with Gasteiger partial charge in [0, 0.05) is 17.7 Å². The molecular formula is C23H24N6O3S. The Labute approximate surface area is 192 Å². The van der Waals surface area contributed by atoms with E-state index < -0.39 is 5.60 Å². The van der Waals surface area contributed by atoms with Gasteiger partial charge in [0.1, 0.15) is 16.3 Å². The molecule has 1 aliphatic rings. The van der Waals surface area contributed by atoms with E-state index in [-0.39, 0.29) is 11.7 Å². The second-order valence-corrected chi connectivity index (χ2v) is 10.1. The van der Waals surface area contributed by atoms with Crippen LogP contribution in [0.3, 0.4) is 0 Å². The highest BCUT2D eigenvalue weighted by molar-refractivity contribution is 7.17. The van der Waals surface area contributed by atoms with Gasteiger partial charge in [-0.1, -0.05) is 6.58 Å². The van der Waals surface area contributed by atoms with Gasteiger partial charge in [-0.05, 0) is 51.8 Å². The lowest BCUT2D eigenvalue weighted by molar-refractivity contribution is 0.00752. The zero-order valence-electron chi connectivity index (χ0n) is 18.6. The Bertz CT molecular complexity index is 1530. The molecule has 4 heterocycles. The molecule has 1 aliphatic carbocycles. The molecule has 4 aromatic rings. The molecule has 0 spiro atoms. The van der Waals surface area contributed by atoms with Crippen molar-refractivity contribution in [3.63, 3.8) is 0 Å². The number of nitrogens with zero attached hydrogens (tertiary/aromatic N) is 3. The van der Waals surface area contributed by atoms with Crippen molar-refractivity contribution in [2.24, 2.45) is 0 Å². The van der Waals surface area contributed by atoms with Crippen LogP contribution in [0.1, 0.15) is 48.8 Å². The average molecular weight is 465 g/mol. The van der Waals surface area contributed by atoms with E-state index in [1.54, 1.807) is 22.9 Å². The largest absolute Gasteiger partial charge is 0.456 e. The standard InChI is InChI=1S/C23H24N6O3S/c1-12-15(28-22(31)25-12)9-13-11-24-29-19(26-14-5-6-14)10-16(27-20(13)29)17-7-8-18(33-17)21(30)32-23(2,3)4/h7-11,14,26H,1,5-6H2,2-4H3,(H2,25,28,31)/b15-9-. The van der Waals surface area contributed by atoms with Crippen LogP contribution in [0.5, 0.6) is 0 Å². The molecule has 0 unspecified atom stereocenters. The fraction of sp³-hybridized carbons (Fsp3) is 0.304. The van der Waals surface area contributed by atoms with Crippen molar-refractivity contribution in [3.8, 4) is 10.6 Å². The topological polar surface area (TPSA) is 117 Å². The Kier molecular flexibility index (Phi) is 4.97. The minimum atomic E-state index is -0.561. The van der Waals surface area contributed by atoms with Crippen LogP contribution < -0.4 is 21.7 Å². The van der Waals surface area contributed by atoms with Gasteiger partial charge in [0.2, 0.25) is 0 Å². The Morgan fingerprint density at radius 2 is 2.12 bits per heavy atom. The summed E-state index contributed by atoms with van der Waals surface area (Å²) in [6.07, 6.45) is 5.71. The fourth-order valence-corrected chi connectivity index (χ4v) is 4.22. The van der Waals surface area contributed by atoms with Gasteiger partial charge in [0.05, 0.1) is 27.5 Å². The highest BCUT2D eigenvalue weighted by atomic mass is 32.1. The number of imidazole rings is 1. The molecule has 0 bridgehead atoms. The molecule has 0 amide bonds. The number of H-pyrrole nitrogens is 2. The third kappa shape index (κ3) is 4.47. The van der Waals surface area contributed by atoms with Crippen LogP contribution in [-0.4, -0.2) is 42.2 Å². The predicted octanol–water partition coefficient (Wildman–Crippen LogP) is 2.24. The minimum Gasteiger partial charge on any atom is -0.456 e. The lowest BCUT2D eigenvalue weighted by atomic mass is 10.2. The maximum absolute atomic E-state index is 12.5. The van der Waals surface area contributed by atoms with Gasteiger partial charge in [0.15, 0.2) is 5.65 Å². The normalized spacial score (nSPS) is 14.7. The number of aromatic nitrogens is 5. The van der Waals surface area contributed by atoms with Gasteiger partial charge in [-0.3, -0.25) is 0 Å². The number of carbonyl (C=O) groups is 1. The molecule has 10 heteroatoms. The van der Waals surface area contributed by atoms with Crippen molar-refractivity contribution >= 4 is 41.4 Å². The van der Waals surface area contributed by atoms with Crippen LogP contribution in [0.2, 0.25) is 0 Å². The molecule has 0 atom stereocenters. The zero-order chi connectivity index (χ0) is 23.3. The minimum absolute atomic E-state index is 0.319. The molecule has 0 aliphatic heterocycles. The molecule has 0 aromatic carbocycles. The van der Waals surface area contributed by atoms with Crippen LogP contribution in [0.15, 0.2) is 29.2 Å². The van der Waals surface area contributed by atoms with Crippen molar-refractivity contribution in [3.05, 3.63) is 56.0 Å². The number of esters is 1. The molecule has 4 aromatic heterocycles. The van der Waals surface area contributed by atoms with Crippen molar-refractivity contribution in [1.82, 2.24) is 24.6 Å². The van der Waals surface area contributed by atoms with E-state index in [1.807, 2.05) is 32.9 Å². The number of ether oxygens (including phenoxy) is 1. The number of rotatable bonds is 5. The maximum Gasteiger partial charge on any atom is 0.348 e. The third-order valence-corrected chi connectivity index (χ3v) is 6.11. The number of anilines is 1. The summed E-state index contributed by atoms with van der Waals surface area (Å²) in [5.74, 6) is 0.468. The van der Waals surface area contributed by atoms with Crippen LogP contribution >= 0.6 is 11.3 Å². The monoisotopic (exact) mass is 464 g/mol. The van der Waals surface area contributed by atoms with Crippen LogP contribution in [0.4, 0.5) is 5.82 Å². The van der Waals surface area contributed by atoms with Crippen molar-refractivity contribution in [1.29, 1.82) is 0 Å². The molecular weight excluding hydrogens is 440 g/mol. The SMILES string of the molecule is C=c1[nH]c(=O)[nH]/c1=C\c1cnn2c(NC3CC3)cc(-c3ccc(C(=O)OC(C)(C)C)s3)nc12. The van der Waals surface area contributed by atoms with Gasteiger partial charge < -0.3 is 20.0 Å². The van der Waals surface area contributed by atoms with Gasteiger partial charge >= 0.3 is 11.7 Å². The number of carbonyl (C=O) groups excluding carboxylic acids is 1. The van der Waals surface area contributed by atoms with E-state index >= 15 is 0 Å². The lowest BCUT2D eigenvalue weighted by Crippen LogP contribution is -2.23. The molecule has 5 rings (SSSR count). The summed E-state index contributed by atoms with van der Waals surface area (Å²) in [5, 5.41) is 9.08. The second-order valence-electron chi connectivity index (χ2n) is 9.06. The quantitative estimate of drug-likeness (QED) is 0.390. The summed E-state index contributed by atoms with van der Waals surface area (Å²) in [5.41, 5.74) is 1.21. The van der Waals surface area contributed by atoms with E-state index in [0.717, 1.165) is 34.8 Å². The summed E-state index contributed by atoms with van der Waals surface area (Å²) < 4.78 is 7.25. The first kappa shape index (κ1) is 21.2. The Morgan fingerprint density at radius 3 is 2.79 bits per heavy atom. The number of hydrogen-bond donors (Lipinski definition) is 3. The highest BCUT2D eigenvalue weighted by Crippen LogP contribution is 2.32. The van der Waals surface area contributed by atoms with Crippen molar-refractivity contribution < 1.29 is 9.53 Å². The number of nitrogens with one attached hydrogen (secondary N) is 3. The second kappa shape index (κ2) is 7.73. The molecule has 3 N–H and O–H groups in total. The average Bonchev–Trinajstić information content (AvgIpc) is 3.11. The van der Waals surface area contributed by atoms with E-state index in [1.165, 1.54) is 11.3 Å². The van der Waals surface area contributed by atoms with Crippen LogP contribution in [0.25, 0.3) is 28.9 Å². The molecule has 1 fully saturated rings. The van der Waals surface area contributed by atoms with Gasteiger partial charge in [-0.25, -0.2) is 14.6 Å². The summed E-state index contributed by atoms with van der Waals surface area (Å²) in [6.45, 7) is 9.39. The Balaban J connectivity index is 1.60. The number of aromatic amines is 2. The summed E-state index contributed by atoms with van der Waals surface area (Å²) >= 11 is 1.34. The lowest BCUT2D eigenvalue weighted by Gasteiger charge is -2.18. The predicted molar refractivity (Wildman–Crippen MR) is 128 cm³/mol. The number of fused-ring (bicyclic) bond motifs is 1. The van der Waals surface area contributed by atoms with Gasteiger partial charge in [0.25, 0.3) is 0 Å². The molecule has 9 nitrogen and oxygen atoms in total. The summed E-state index contributed by atoms with van der Waals surface area (Å²) in [7, 11) is 0.